The van der Waals surface area contributed by atoms with Gasteiger partial charge in [0, 0.05) is 31.6 Å². The van der Waals surface area contributed by atoms with Gasteiger partial charge in [-0.3, -0.25) is 14.5 Å². The topological polar surface area (TPSA) is 83.6 Å². The molecule has 140 valence electrons. The number of rotatable bonds is 3. The predicted molar refractivity (Wildman–Crippen MR) is 101 cm³/mol. The van der Waals surface area contributed by atoms with Crippen molar-refractivity contribution in [1.29, 1.82) is 0 Å². The number of pyridine rings is 1. The number of fused-ring (bicyclic) bond motifs is 1. The quantitative estimate of drug-likeness (QED) is 0.867. The molecule has 27 heavy (non-hydrogen) atoms. The van der Waals surface area contributed by atoms with Gasteiger partial charge in [-0.2, -0.15) is 0 Å². The molecule has 0 aliphatic carbocycles. The van der Waals surface area contributed by atoms with Gasteiger partial charge in [-0.1, -0.05) is 18.2 Å². The Morgan fingerprint density at radius 3 is 2.78 bits per heavy atom. The second-order valence-electron chi connectivity index (χ2n) is 7.04. The van der Waals surface area contributed by atoms with E-state index in [4.69, 9.17) is 4.74 Å². The highest BCUT2D eigenvalue weighted by Crippen LogP contribution is 2.33. The Morgan fingerprint density at radius 2 is 2.00 bits per heavy atom. The van der Waals surface area contributed by atoms with Crippen LogP contribution in [-0.4, -0.2) is 47.1 Å². The number of anilines is 1. The summed E-state index contributed by atoms with van der Waals surface area (Å²) >= 11 is 0. The molecule has 1 aromatic carbocycles. The Bertz CT molecular complexity index is 875. The van der Waals surface area contributed by atoms with E-state index >= 15 is 0 Å². The van der Waals surface area contributed by atoms with Crippen molar-refractivity contribution >= 4 is 17.6 Å². The summed E-state index contributed by atoms with van der Waals surface area (Å²) in [5, 5.41) is 5.84. The van der Waals surface area contributed by atoms with Crippen molar-refractivity contribution in [2.75, 3.05) is 25.0 Å². The first kappa shape index (κ1) is 17.5. The maximum atomic E-state index is 12.4. The number of carbonyl (C=O) groups is 2. The van der Waals surface area contributed by atoms with E-state index in [-0.39, 0.29) is 18.4 Å². The van der Waals surface area contributed by atoms with E-state index in [2.05, 4.69) is 20.5 Å². The summed E-state index contributed by atoms with van der Waals surface area (Å²) in [6, 6.07) is 12.8. The molecule has 1 saturated heterocycles. The van der Waals surface area contributed by atoms with Crippen molar-refractivity contribution in [2.24, 2.45) is 0 Å². The number of piperidine rings is 1. The molecule has 4 rings (SSSR count). The number of aromatic nitrogens is 1. The number of likely N-dealkylation sites (tertiary alicyclic amines) is 1. The lowest BCUT2D eigenvalue weighted by Gasteiger charge is -2.44. The third-order valence-corrected chi connectivity index (χ3v) is 4.97. The first-order valence-electron chi connectivity index (χ1n) is 9.09. The fourth-order valence-corrected chi connectivity index (χ4v) is 3.55. The van der Waals surface area contributed by atoms with Gasteiger partial charge in [0.2, 0.25) is 5.91 Å². The number of nitrogens with zero attached hydrogens (tertiary/aromatic N) is 2. The van der Waals surface area contributed by atoms with Crippen LogP contribution in [0.2, 0.25) is 0 Å². The molecule has 0 radical (unpaired) electrons. The molecule has 1 aromatic heterocycles. The Hall–Kier alpha value is -2.93. The molecule has 2 N–H and O–H groups in total. The summed E-state index contributed by atoms with van der Waals surface area (Å²) in [5.41, 5.74) is 0.741. The molecule has 2 amide bonds. The van der Waals surface area contributed by atoms with Crippen LogP contribution in [0.15, 0.2) is 42.5 Å². The van der Waals surface area contributed by atoms with Crippen LogP contribution in [0.1, 0.15) is 28.9 Å². The first-order chi connectivity index (χ1) is 13.0. The minimum Gasteiger partial charge on any atom is -0.467 e. The summed E-state index contributed by atoms with van der Waals surface area (Å²) in [6.45, 7) is 3.50. The third kappa shape index (κ3) is 3.78. The summed E-state index contributed by atoms with van der Waals surface area (Å²) in [7, 11) is 0. The zero-order chi connectivity index (χ0) is 18.9. The Labute approximate surface area is 157 Å². The lowest BCUT2D eigenvalue weighted by Crippen LogP contribution is -2.61. The Balaban J connectivity index is 1.34. The highest BCUT2D eigenvalue weighted by Gasteiger charge is 2.42. The maximum Gasteiger partial charge on any atom is 0.258 e. The van der Waals surface area contributed by atoms with Crippen LogP contribution < -0.4 is 15.4 Å². The van der Waals surface area contributed by atoms with Gasteiger partial charge in [-0.25, -0.2) is 4.98 Å². The van der Waals surface area contributed by atoms with Crippen molar-refractivity contribution in [3.8, 4) is 5.75 Å². The normalized spacial score (nSPS) is 18.3. The first-order valence-corrected chi connectivity index (χ1v) is 9.09. The lowest BCUT2D eigenvalue weighted by molar-refractivity contribution is -0.118. The van der Waals surface area contributed by atoms with Crippen LogP contribution in [0.4, 0.5) is 5.82 Å². The Morgan fingerprint density at radius 1 is 1.22 bits per heavy atom. The van der Waals surface area contributed by atoms with Gasteiger partial charge in [0.05, 0.1) is 12.1 Å². The molecular weight excluding hydrogens is 344 g/mol. The van der Waals surface area contributed by atoms with Gasteiger partial charge in [0.25, 0.3) is 5.91 Å². The predicted octanol–water partition coefficient (Wildman–Crippen LogP) is 1.94. The molecule has 2 aliphatic rings. The maximum absolute atomic E-state index is 12.4. The monoisotopic (exact) mass is 366 g/mol. The fourth-order valence-electron chi connectivity index (χ4n) is 3.55. The van der Waals surface area contributed by atoms with E-state index < -0.39 is 5.72 Å². The summed E-state index contributed by atoms with van der Waals surface area (Å²) in [6.07, 6.45) is 1.26. The minimum absolute atomic E-state index is 0.0945. The van der Waals surface area contributed by atoms with E-state index in [1.54, 1.807) is 12.1 Å². The highest BCUT2D eigenvalue weighted by molar-refractivity contribution is 5.98. The molecule has 3 heterocycles. The van der Waals surface area contributed by atoms with Gasteiger partial charge in [0.1, 0.15) is 11.6 Å². The average Bonchev–Trinajstić information content (AvgIpc) is 2.64. The molecule has 0 atom stereocenters. The van der Waals surface area contributed by atoms with Gasteiger partial charge >= 0.3 is 0 Å². The van der Waals surface area contributed by atoms with Crippen LogP contribution in [0.5, 0.6) is 5.75 Å². The smallest absolute Gasteiger partial charge is 0.258 e. The van der Waals surface area contributed by atoms with Crippen molar-refractivity contribution in [2.45, 2.75) is 25.5 Å². The fraction of sp³-hybridized carbons (Fsp3) is 0.350. The van der Waals surface area contributed by atoms with E-state index in [1.807, 2.05) is 37.3 Å². The molecule has 0 saturated carbocycles. The zero-order valence-electron chi connectivity index (χ0n) is 15.2. The number of aryl methyl sites for hydroxylation is 1. The highest BCUT2D eigenvalue weighted by atomic mass is 16.5. The molecular formula is C20H22N4O3. The molecule has 2 aliphatic heterocycles. The molecule has 1 fully saturated rings. The van der Waals surface area contributed by atoms with Crippen molar-refractivity contribution in [3.63, 3.8) is 0 Å². The van der Waals surface area contributed by atoms with Crippen LogP contribution in [0.3, 0.4) is 0 Å². The van der Waals surface area contributed by atoms with Crippen LogP contribution in [-0.2, 0) is 4.79 Å². The summed E-state index contributed by atoms with van der Waals surface area (Å²) < 4.78 is 6.12. The third-order valence-electron chi connectivity index (χ3n) is 4.97. The molecule has 0 unspecified atom stereocenters. The summed E-state index contributed by atoms with van der Waals surface area (Å²) in [5.74, 6) is 0.988. The zero-order valence-corrected chi connectivity index (χ0v) is 15.2. The van der Waals surface area contributed by atoms with Gasteiger partial charge in [-0.15, -0.1) is 0 Å². The average molecular weight is 366 g/mol. The van der Waals surface area contributed by atoms with E-state index in [0.717, 1.165) is 5.69 Å². The molecule has 2 aromatic rings. The number of ether oxygens (including phenoxy) is 1. The number of nitrogens with one attached hydrogen (secondary N) is 2. The number of amides is 2. The standard InChI is InChI=1S/C20H22N4O3/c1-14-5-4-8-17(21-14)22-18(25)13-24-11-9-20(10-12-24)23-19(26)15-6-2-3-7-16(15)27-20/h2-8H,9-13H2,1H3,(H,23,26)(H,21,22,25). The minimum atomic E-state index is -0.684. The van der Waals surface area contributed by atoms with Crippen LogP contribution in [0.25, 0.3) is 0 Å². The van der Waals surface area contributed by atoms with Crippen molar-refractivity contribution in [1.82, 2.24) is 15.2 Å². The van der Waals surface area contributed by atoms with E-state index in [1.165, 1.54) is 0 Å². The van der Waals surface area contributed by atoms with Gasteiger partial charge in [0.15, 0.2) is 5.72 Å². The largest absolute Gasteiger partial charge is 0.467 e. The number of benzene rings is 1. The lowest BCUT2D eigenvalue weighted by atomic mass is 9.97. The summed E-state index contributed by atoms with van der Waals surface area (Å²) in [4.78, 5) is 31.0. The van der Waals surface area contributed by atoms with E-state index in [0.29, 0.717) is 43.1 Å². The second kappa shape index (κ2) is 7.00. The number of hydrogen-bond acceptors (Lipinski definition) is 5. The van der Waals surface area contributed by atoms with Crippen molar-refractivity contribution < 1.29 is 14.3 Å². The Kier molecular flexibility index (Phi) is 4.53. The van der Waals surface area contributed by atoms with Gasteiger partial charge < -0.3 is 15.4 Å². The number of para-hydroxylation sites is 1. The molecule has 0 bridgehead atoms. The van der Waals surface area contributed by atoms with Crippen molar-refractivity contribution in [3.05, 3.63) is 53.7 Å². The van der Waals surface area contributed by atoms with Crippen LogP contribution in [0, 0.1) is 6.92 Å². The van der Waals surface area contributed by atoms with Gasteiger partial charge in [-0.05, 0) is 31.2 Å². The number of carbonyl (C=O) groups excluding carboxylic acids is 2. The van der Waals surface area contributed by atoms with Crippen LogP contribution >= 0.6 is 0 Å². The molecule has 7 heteroatoms. The molecule has 1 spiro atoms. The van der Waals surface area contributed by atoms with E-state index in [9.17, 15) is 9.59 Å². The second-order valence-corrected chi connectivity index (χ2v) is 7.04. The molecule has 7 nitrogen and oxygen atoms in total. The SMILES string of the molecule is Cc1cccc(NC(=O)CN2CCC3(CC2)NC(=O)c2ccccc2O3)n1. The number of hydrogen-bond donors (Lipinski definition) is 2.